The van der Waals surface area contributed by atoms with E-state index in [1.54, 1.807) is 11.3 Å². The Bertz CT molecular complexity index is 304. The fourth-order valence-corrected chi connectivity index (χ4v) is 2.32. The predicted molar refractivity (Wildman–Crippen MR) is 70.5 cm³/mol. The lowest BCUT2D eigenvalue weighted by Gasteiger charge is -2.14. The normalized spacial score (nSPS) is 12.9. The Morgan fingerprint density at radius 3 is 2.88 bits per heavy atom. The van der Waals surface area contributed by atoms with Crippen LogP contribution in [-0.4, -0.2) is 37.5 Å². The molecule has 0 aliphatic heterocycles. The van der Waals surface area contributed by atoms with E-state index >= 15 is 0 Å². The molecule has 1 atom stereocenters. The lowest BCUT2D eigenvalue weighted by molar-refractivity contribution is 0.0333. The van der Waals surface area contributed by atoms with Crippen molar-refractivity contribution < 1.29 is 9.47 Å². The molecule has 0 fully saturated rings. The standard InChI is InChI=1S/C12H22N2O2S/c1-3-16-11(8-13)4-6-15-7-5-12-10(2)14-9-17-12/h9,11H,3-8,13H2,1-2H3. The molecule has 0 aliphatic carbocycles. The van der Waals surface area contributed by atoms with Crippen LogP contribution < -0.4 is 5.73 Å². The highest BCUT2D eigenvalue weighted by atomic mass is 32.1. The summed E-state index contributed by atoms with van der Waals surface area (Å²) in [6.45, 7) is 6.74. The lowest BCUT2D eigenvalue weighted by Crippen LogP contribution is -2.25. The predicted octanol–water partition coefficient (Wildman–Crippen LogP) is 1.76. The minimum atomic E-state index is 0.130. The van der Waals surface area contributed by atoms with E-state index in [-0.39, 0.29) is 6.10 Å². The first-order valence-corrected chi connectivity index (χ1v) is 6.94. The van der Waals surface area contributed by atoms with E-state index in [1.165, 1.54) is 4.88 Å². The topological polar surface area (TPSA) is 57.4 Å². The maximum absolute atomic E-state index is 5.58. The molecule has 0 spiro atoms. The third-order valence-electron chi connectivity index (χ3n) is 2.57. The van der Waals surface area contributed by atoms with Crippen molar-refractivity contribution in [1.82, 2.24) is 4.98 Å². The quantitative estimate of drug-likeness (QED) is 0.686. The molecule has 5 heteroatoms. The molecule has 4 nitrogen and oxygen atoms in total. The third-order valence-corrected chi connectivity index (χ3v) is 3.56. The Hall–Kier alpha value is -0.490. The van der Waals surface area contributed by atoms with Gasteiger partial charge in [0.15, 0.2) is 0 Å². The largest absolute Gasteiger partial charge is 0.381 e. The third kappa shape index (κ3) is 5.59. The van der Waals surface area contributed by atoms with Crippen LogP contribution in [0.4, 0.5) is 0 Å². The summed E-state index contributed by atoms with van der Waals surface area (Å²) in [6, 6.07) is 0. The van der Waals surface area contributed by atoms with Crippen LogP contribution in [0.1, 0.15) is 23.9 Å². The average molecular weight is 258 g/mol. The van der Waals surface area contributed by atoms with E-state index in [9.17, 15) is 0 Å². The van der Waals surface area contributed by atoms with Gasteiger partial charge < -0.3 is 15.2 Å². The first-order valence-electron chi connectivity index (χ1n) is 6.06. The lowest BCUT2D eigenvalue weighted by atomic mass is 10.2. The maximum atomic E-state index is 5.58. The van der Waals surface area contributed by atoms with Crippen molar-refractivity contribution in [2.45, 2.75) is 32.8 Å². The minimum absolute atomic E-state index is 0.130. The summed E-state index contributed by atoms with van der Waals surface area (Å²) in [4.78, 5) is 5.52. The second-order valence-corrected chi connectivity index (χ2v) is 4.76. The van der Waals surface area contributed by atoms with Crippen LogP contribution in [-0.2, 0) is 15.9 Å². The van der Waals surface area contributed by atoms with Gasteiger partial charge in [0.05, 0.1) is 23.9 Å². The monoisotopic (exact) mass is 258 g/mol. The molecule has 0 saturated heterocycles. The zero-order valence-corrected chi connectivity index (χ0v) is 11.5. The zero-order valence-electron chi connectivity index (χ0n) is 10.6. The number of thiazole rings is 1. The molecule has 1 rings (SSSR count). The summed E-state index contributed by atoms with van der Waals surface area (Å²) in [6.07, 6.45) is 1.94. The summed E-state index contributed by atoms with van der Waals surface area (Å²) in [7, 11) is 0. The Balaban J connectivity index is 2.06. The molecular weight excluding hydrogens is 236 g/mol. The van der Waals surface area contributed by atoms with E-state index in [2.05, 4.69) is 4.98 Å². The van der Waals surface area contributed by atoms with E-state index in [1.807, 2.05) is 19.4 Å². The first kappa shape index (κ1) is 14.6. The van der Waals surface area contributed by atoms with Gasteiger partial charge >= 0.3 is 0 Å². The average Bonchev–Trinajstić information content (AvgIpc) is 2.73. The van der Waals surface area contributed by atoms with E-state index in [0.717, 1.165) is 25.1 Å². The van der Waals surface area contributed by atoms with Gasteiger partial charge in [-0.25, -0.2) is 4.98 Å². The van der Waals surface area contributed by atoms with Crippen LogP contribution in [0.5, 0.6) is 0 Å². The van der Waals surface area contributed by atoms with Gasteiger partial charge in [-0.2, -0.15) is 0 Å². The zero-order chi connectivity index (χ0) is 12.5. The van der Waals surface area contributed by atoms with Crippen molar-refractivity contribution in [3.63, 3.8) is 0 Å². The van der Waals surface area contributed by atoms with Gasteiger partial charge in [0, 0.05) is 31.1 Å². The summed E-state index contributed by atoms with van der Waals surface area (Å²) in [5.41, 5.74) is 8.58. The number of nitrogens with zero attached hydrogens (tertiary/aromatic N) is 1. The fourth-order valence-electron chi connectivity index (χ4n) is 1.55. The number of hydrogen-bond acceptors (Lipinski definition) is 5. The van der Waals surface area contributed by atoms with Gasteiger partial charge in [0.1, 0.15) is 0 Å². The van der Waals surface area contributed by atoms with Crippen LogP contribution in [0.15, 0.2) is 5.51 Å². The van der Waals surface area contributed by atoms with Gasteiger partial charge in [-0.1, -0.05) is 0 Å². The minimum Gasteiger partial charge on any atom is -0.381 e. The number of aryl methyl sites for hydroxylation is 1. The second-order valence-electron chi connectivity index (χ2n) is 3.83. The second kappa shape index (κ2) is 8.58. The van der Waals surface area contributed by atoms with Crippen molar-refractivity contribution in [3.8, 4) is 0 Å². The molecular formula is C12H22N2O2S. The molecule has 17 heavy (non-hydrogen) atoms. The summed E-state index contributed by atoms with van der Waals surface area (Å²) in [5, 5.41) is 0. The van der Waals surface area contributed by atoms with Crippen LogP contribution in [0.25, 0.3) is 0 Å². The fraction of sp³-hybridized carbons (Fsp3) is 0.750. The van der Waals surface area contributed by atoms with E-state index in [4.69, 9.17) is 15.2 Å². The molecule has 0 aliphatic rings. The van der Waals surface area contributed by atoms with Gasteiger partial charge in [-0.3, -0.25) is 0 Å². The number of ether oxygens (including phenoxy) is 2. The Kier molecular flexibility index (Phi) is 7.35. The molecule has 0 amide bonds. The molecule has 0 bridgehead atoms. The molecule has 1 unspecified atom stereocenters. The molecule has 0 aromatic carbocycles. The molecule has 2 N–H and O–H groups in total. The molecule has 1 aromatic rings. The number of hydrogen-bond donors (Lipinski definition) is 1. The van der Waals surface area contributed by atoms with Gasteiger partial charge in [0.25, 0.3) is 0 Å². The summed E-state index contributed by atoms with van der Waals surface area (Å²) in [5.74, 6) is 0. The summed E-state index contributed by atoms with van der Waals surface area (Å²) < 4.78 is 11.0. The molecule has 98 valence electrons. The molecule has 0 radical (unpaired) electrons. The number of aromatic nitrogens is 1. The highest BCUT2D eigenvalue weighted by Gasteiger charge is 2.06. The Morgan fingerprint density at radius 1 is 1.47 bits per heavy atom. The Morgan fingerprint density at radius 2 is 2.29 bits per heavy atom. The van der Waals surface area contributed by atoms with Gasteiger partial charge in [-0.05, 0) is 20.3 Å². The number of nitrogens with two attached hydrogens (primary N) is 1. The highest BCUT2D eigenvalue weighted by molar-refractivity contribution is 7.09. The molecule has 0 saturated carbocycles. The number of rotatable bonds is 9. The van der Waals surface area contributed by atoms with Crippen molar-refractivity contribution >= 4 is 11.3 Å². The van der Waals surface area contributed by atoms with Crippen LogP contribution in [0, 0.1) is 6.92 Å². The van der Waals surface area contributed by atoms with Crippen molar-refractivity contribution in [2.24, 2.45) is 5.73 Å². The van der Waals surface area contributed by atoms with Crippen molar-refractivity contribution in [2.75, 3.05) is 26.4 Å². The smallest absolute Gasteiger partial charge is 0.0797 e. The van der Waals surface area contributed by atoms with Gasteiger partial charge in [-0.15, -0.1) is 11.3 Å². The Labute approximate surface area is 107 Å². The van der Waals surface area contributed by atoms with Gasteiger partial charge in [0.2, 0.25) is 0 Å². The van der Waals surface area contributed by atoms with Crippen LogP contribution in [0.2, 0.25) is 0 Å². The SMILES string of the molecule is CCOC(CN)CCOCCc1scnc1C. The molecule has 1 aromatic heterocycles. The van der Waals surface area contributed by atoms with Crippen LogP contribution in [0.3, 0.4) is 0 Å². The van der Waals surface area contributed by atoms with E-state index in [0.29, 0.717) is 19.8 Å². The summed E-state index contributed by atoms with van der Waals surface area (Å²) >= 11 is 1.69. The maximum Gasteiger partial charge on any atom is 0.0797 e. The van der Waals surface area contributed by atoms with Crippen molar-refractivity contribution in [1.29, 1.82) is 0 Å². The highest BCUT2D eigenvalue weighted by Crippen LogP contribution is 2.12. The van der Waals surface area contributed by atoms with E-state index < -0.39 is 0 Å². The molecule has 1 heterocycles. The van der Waals surface area contributed by atoms with Crippen LogP contribution >= 0.6 is 11.3 Å². The van der Waals surface area contributed by atoms with Crippen molar-refractivity contribution in [3.05, 3.63) is 16.1 Å². The first-order chi connectivity index (χ1) is 8.27.